The third-order valence-corrected chi connectivity index (χ3v) is 4.24. The summed E-state index contributed by atoms with van der Waals surface area (Å²) >= 11 is 0. The van der Waals surface area contributed by atoms with Crippen molar-refractivity contribution in [2.75, 3.05) is 5.32 Å². The Morgan fingerprint density at radius 2 is 1.76 bits per heavy atom. The van der Waals surface area contributed by atoms with E-state index in [1.807, 2.05) is 18.2 Å². The quantitative estimate of drug-likeness (QED) is 0.478. The smallest absolute Gasteiger partial charge is 0.141 e. The molecule has 0 spiro atoms. The maximum atomic E-state index is 14.2. The van der Waals surface area contributed by atoms with E-state index in [9.17, 15) is 4.39 Å². The molecule has 0 saturated heterocycles. The second-order valence-corrected chi connectivity index (χ2v) is 5.73. The summed E-state index contributed by atoms with van der Waals surface area (Å²) in [6.45, 7) is 0. The van der Waals surface area contributed by atoms with Crippen molar-refractivity contribution >= 4 is 11.5 Å². The van der Waals surface area contributed by atoms with Gasteiger partial charge in [0.15, 0.2) is 0 Å². The van der Waals surface area contributed by atoms with E-state index in [0.29, 0.717) is 17.2 Å². The Balaban J connectivity index is 1.82. The summed E-state index contributed by atoms with van der Waals surface area (Å²) in [6.07, 6.45) is 5.18. The van der Waals surface area contributed by atoms with Gasteiger partial charge in [0, 0.05) is 23.5 Å². The van der Waals surface area contributed by atoms with Crippen molar-refractivity contribution < 1.29 is 4.39 Å². The van der Waals surface area contributed by atoms with Gasteiger partial charge in [-0.15, -0.1) is 0 Å². The van der Waals surface area contributed by atoms with E-state index < -0.39 is 0 Å². The second kappa shape index (κ2) is 5.24. The van der Waals surface area contributed by atoms with Gasteiger partial charge < -0.3 is 10.3 Å². The minimum absolute atomic E-state index is 0.314. The minimum atomic E-state index is -0.314. The molecule has 120 valence electrons. The first-order valence-electron chi connectivity index (χ1n) is 7.83. The van der Waals surface area contributed by atoms with Gasteiger partial charge >= 0.3 is 0 Å². The molecule has 0 atom stereocenters. The Labute approximate surface area is 142 Å². The first-order chi connectivity index (χ1) is 12.3. The van der Waals surface area contributed by atoms with Crippen molar-refractivity contribution in [3.63, 3.8) is 0 Å². The molecule has 25 heavy (non-hydrogen) atoms. The Bertz CT molecular complexity index is 1040. The lowest BCUT2D eigenvalue weighted by Gasteiger charge is -2.07. The average Bonchev–Trinajstić information content (AvgIpc) is 3.03. The summed E-state index contributed by atoms with van der Waals surface area (Å²) in [6, 6.07) is 12.3. The zero-order chi connectivity index (χ0) is 16.8. The van der Waals surface area contributed by atoms with E-state index in [-0.39, 0.29) is 5.82 Å². The predicted octanol–water partition coefficient (Wildman–Crippen LogP) is 4.40. The largest absolute Gasteiger partial charge is 0.338 e. The number of rotatable bonds is 1. The normalized spacial score (nSPS) is 11.7. The highest BCUT2D eigenvalue weighted by Crippen LogP contribution is 2.42. The molecule has 1 aliphatic rings. The van der Waals surface area contributed by atoms with Crippen LogP contribution in [-0.2, 0) is 0 Å². The number of fused-ring (bicyclic) bond motifs is 5. The molecule has 0 amide bonds. The molecule has 5 nitrogen and oxygen atoms in total. The van der Waals surface area contributed by atoms with Crippen molar-refractivity contribution in [2.24, 2.45) is 0 Å². The highest BCUT2D eigenvalue weighted by molar-refractivity contribution is 5.95. The number of imidazole rings is 1. The third kappa shape index (κ3) is 2.11. The summed E-state index contributed by atoms with van der Waals surface area (Å²) in [5, 5.41) is 3.30. The zero-order valence-corrected chi connectivity index (χ0v) is 13.0. The summed E-state index contributed by atoms with van der Waals surface area (Å²) in [7, 11) is 0. The molecule has 1 aromatic carbocycles. The number of halogens is 1. The van der Waals surface area contributed by atoms with Crippen LogP contribution in [0.15, 0.2) is 61.1 Å². The van der Waals surface area contributed by atoms with Gasteiger partial charge in [0.05, 0.1) is 23.1 Å². The predicted molar refractivity (Wildman–Crippen MR) is 93.7 cm³/mol. The van der Waals surface area contributed by atoms with E-state index in [0.717, 1.165) is 28.2 Å². The number of nitrogens with zero attached hydrogens (tertiary/aromatic N) is 3. The van der Waals surface area contributed by atoms with Crippen LogP contribution in [0.3, 0.4) is 0 Å². The monoisotopic (exact) mass is 329 g/mol. The standard InChI is InChI=1S/C19H12FN5/c20-14-6-2-1-4-11(14)19-24-16-12-7-9-21-10-15(12)23-18-13(17(16)25-19)5-3-8-22-18/h1-10H,(H,22,23)(H,24,25). The molecule has 5 rings (SSSR count). The van der Waals surface area contributed by atoms with E-state index in [1.165, 1.54) is 6.07 Å². The van der Waals surface area contributed by atoms with E-state index in [2.05, 4.69) is 25.3 Å². The number of anilines is 2. The Morgan fingerprint density at radius 3 is 2.68 bits per heavy atom. The van der Waals surface area contributed by atoms with Crippen LogP contribution >= 0.6 is 0 Å². The highest BCUT2D eigenvalue weighted by Gasteiger charge is 2.24. The van der Waals surface area contributed by atoms with Crippen molar-refractivity contribution in [3.05, 3.63) is 66.9 Å². The van der Waals surface area contributed by atoms with Gasteiger partial charge in [-0.25, -0.2) is 14.4 Å². The Morgan fingerprint density at radius 1 is 0.880 bits per heavy atom. The van der Waals surface area contributed by atoms with Crippen molar-refractivity contribution in [1.29, 1.82) is 0 Å². The molecular weight excluding hydrogens is 317 g/mol. The topological polar surface area (TPSA) is 66.5 Å². The second-order valence-electron chi connectivity index (χ2n) is 5.73. The molecule has 0 bridgehead atoms. The van der Waals surface area contributed by atoms with Crippen LogP contribution in [0.25, 0.3) is 33.9 Å². The lowest BCUT2D eigenvalue weighted by Crippen LogP contribution is -1.96. The molecule has 2 N–H and O–H groups in total. The Kier molecular flexibility index (Phi) is 2.90. The number of hydrogen-bond donors (Lipinski definition) is 2. The highest BCUT2D eigenvalue weighted by atomic mass is 19.1. The molecule has 1 aliphatic heterocycles. The summed E-state index contributed by atoms with van der Waals surface area (Å²) in [5.74, 6) is 0.871. The van der Waals surface area contributed by atoms with Crippen LogP contribution in [-0.4, -0.2) is 19.9 Å². The molecular formula is C19H12FN5. The van der Waals surface area contributed by atoms with Gasteiger partial charge in [-0.05, 0) is 30.3 Å². The number of hydrogen-bond acceptors (Lipinski definition) is 4. The summed E-state index contributed by atoms with van der Waals surface area (Å²) in [4.78, 5) is 16.6. The van der Waals surface area contributed by atoms with E-state index in [1.54, 1.807) is 36.8 Å². The van der Waals surface area contributed by atoms with E-state index in [4.69, 9.17) is 0 Å². The molecule has 4 heterocycles. The Hall–Kier alpha value is -3.54. The fraction of sp³-hybridized carbons (Fsp3) is 0. The number of aromatic nitrogens is 4. The van der Waals surface area contributed by atoms with Crippen molar-refractivity contribution in [3.8, 4) is 33.9 Å². The molecule has 6 heteroatoms. The van der Waals surface area contributed by atoms with Crippen LogP contribution in [0.1, 0.15) is 0 Å². The van der Waals surface area contributed by atoms with Crippen LogP contribution in [0.4, 0.5) is 15.9 Å². The molecule has 0 radical (unpaired) electrons. The molecule has 0 saturated carbocycles. The van der Waals surface area contributed by atoms with Gasteiger partial charge in [-0.3, -0.25) is 4.98 Å². The van der Waals surface area contributed by atoms with Gasteiger partial charge in [0.25, 0.3) is 0 Å². The summed E-state index contributed by atoms with van der Waals surface area (Å²) < 4.78 is 14.2. The number of aromatic amines is 1. The van der Waals surface area contributed by atoms with Crippen molar-refractivity contribution in [2.45, 2.75) is 0 Å². The van der Waals surface area contributed by atoms with Gasteiger partial charge in [-0.1, -0.05) is 12.1 Å². The number of pyridine rings is 2. The van der Waals surface area contributed by atoms with Gasteiger partial charge in [-0.2, -0.15) is 0 Å². The first-order valence-corrected chi connectivity index (χ1v) is 7.83. The fourth-order valence-corrected chi connectivity index (χ4v) is 3.08. The lowest BCUT2D eigenvalue weighted by molar-refractivity contribution is 0.630. The van der Waals surface area contributed by atoms with Crippen LogP contribution < -0.4 is 5.32 Å². The third-order valence-electron chi connectivity index (χ3n) is 4.24. The minimum Gasteiger partial charge on any atom is -0.338 e. The first kappa shape index (κ1) is 13.9. The maximum Gasteiger partial charge on any atom is 0.141 e. The van der Waals surface area contributed by atoms with Crippen molar-refractivity contribution in [1.82, 2.24) is 19.9 Å². The molecule has 3 aromatic heterocycles. The van der Waals surface area contributed by atoms with Crippen LogP contribution in [0, 0.1) is 5.82 Å². The van der Waals surface area contributed by atoms with Gasteiger partial charge in [0.2, 0.25) is 0 Å². The average molecular weight is 329 g/mol. The number of H-pyrrole nitrogens is 1. The van der Waals surface area contributed by atoms with E-state index >= 15 is 0 Å². The van der Waals surface area contributed by atoms with Crippen LogP contribution in [0.5, 0.6) is 0 Å². The van der Waals surface area contributed by atoms with Crippen LogP contribution in [0.2, 0.25) is 0 Å². The number of nitrogens with one attached hydrogen (secondary N) is 2. The molecule has 0 fully saturated rings. The molecule has 0 unspecified atom stereocenters. The number of benzene rings is 1. The van der Waals surface area contributed by atoms with Gasteiger partial charge in [0.1, 0.15) is 23.2 Å². The summed E-state index contributed by atoms with van der Waals surface area (Å²) in [5.41, 5.74) is 4.58. The fourth-order valence-electron chi connectivity index (χ4n) is 3.08. The molecule has 0 aliphatic carbocycles. The maximum absolute atomic E-state index is 14.2. The lowest BCUT2D eigenvalue weighted by atomic mass is 10.1. The molecule has 4 aromatic rings. The zero-order valence-electron chi connectivity index (χ0n) is 13.0. The SMILES string of the molecule is Fc1ccccc1-c1nc2c([nH]1)-c1ccncc1Nc1ncccc1-2.